The van der Waals surface area contributed by atoms with Crippen molar-refractivity contribution in [3.63, 3.8) is 0 Å². The minimum atomic E-state index is -0.0135. The van der Waals surface area contributed by atoms with Crippen molar-refractivity contribution < 1.29 is 0 Å². The van der Waals surface area contributed by atoms with E-state index in [9.17, 15) is 0 Å². The van der Waals surface area contributed by atoms with Crippen molar-refractivity contribution in [1.82, 2.24) is 4.98 Å². The maximum absolute atomic E-state index is 6.54. The fourth-order valence-corrected chi connectivity index (χ4v) is 3.93. The normalized spacial score (nSPS) is 28.7. The van der Waals surface area contributed by atoms with Crippen LogP contribution in [0.25, 0.3) is 10.2 Å². The van der Waals surface area contributed by atoms with Crippen molar-refractivity contribution in [1.29, 1.82) is 0 Å². The summed E-state index contributed by atoms with van der Waals surface area (Å²) in [6, 6.07) is 8.35. The van der Waals surface area contributed by atoms with Gasteiger partial charge in [-0.25, -0.2) is 4.98 Å². The van der Waals surface area contributed by atoms with E-state index in [4.69, 9.17) is 10.7 Å². The minimum Gasteiger partial charge on any atom is -0.325 e. The number of fused-ring (bicyclic) bond motifs is 1. The molecule has 1 fully saturated rings. The number of thiazole rings is 1. The highest BCUT2D eigenvalue weighted by atomic mass is 32.1. The molecule has 0 bridgehead atoms. The molecule has 1 aromatic heterocycles. The van der Waals surface area contributed by atoms with Gasteiger partial charge in [0.25, 0.3) is 0 Å². The van der Waals surface area contributed by atoms with Gasteiger partial charge in [0.15, 0.2) is 0 Å². The molecule has 0 aliphatic heterocycles. The lowest BCUT2D eigenvalue weighted by molar-refractivity contribution is 0.243. The molecule has 3 rings (SSSR count). The number of hydrogen-bond donors (Lipinski definition) is 1. The number of aromatic nitrogens is 1. The van der Waals surface area contributed by atoms with Gasteiger partial charge in [0.2, 0.25) is 0 Å². The van der Waals surface area contributed by atoms with E-state index in [0.717, 1.165) is 30.7 Å². The standard InChI is InChI=1S/C15H20N2S/c1-11-6-8-15(16,9-7-11)10-14-17-12-4-2-3-5-13(12)18-14/h2-5,11H,6-10,16H2,1H3. The van der Waals surface area contributed by atoms with Gasteiger partial charge in [-0.2, -0.15) is 0 Å². The van der Waals surface area contributed by atoms with Crippen LogP contribution in [-0.4, -0.2) is 10.5 Å². The first-order valence-electron chi connectivity index (χ1n) is 6.78. The molecule has 0 amide bonds. The first-order valence-corrected chi connectivity index (χ1v) is 7.60. The van der Waals surface area contributed by atoms with Crippen molar-refractivity contribution in [3.05, 3.63) is 29.3 Å². The van der Waals surface area contributed by atoms with E-state index >= 15 is 0 Å². The molecule has 1 aromatic carbocycles. The van der Waals surface area contributed by atoms with E-state index in [2.05, 4.69) is 25.1 Å². The van der Waals surface area contributed by atoms with E-state index in [1.807, 2.05) is 6.07 Å². The SMILES string of the molecule is CC1CCC(N)(Cc2nc3ccccc3s2)CC1. The van der Waals surface area contributed by atoms with Crippen molar-refractivity contribution in [2.75, 3.05) is 0 Å². The summed E-state index contributed by atoms with van der Waals surface area (Å²) in [5, 5.41) is 1.20. The fraction of sp³-hybridized carbons (Fsp3) is 0.533. The molecule has 18 heavy (non-hydrogen) atoms. The Balaban J connectivity index is 1.79. The smallest absolute Gasteiger partial charge is 0.0956 e. The van der Waals surface area contributed by atoms with Crippen LogP contribution in [0.4, 0.5) is 0 Å². The molecule has 0 atom stereocenters. The Hall–Kier alpha value is -0.930. The highest BCUT2D eigenvalue weighted by molar-refractivity contribution is 7.18. The van der Waals surface area contributed by atoms with Gasteiger partial charge >= 0.3 is 0 Å². The average molecular weight is 260 g/mol. The van der Waals surface area contributed by atoms with Crippen LogP contribution in [0.1, 0.15) is 37.6 Å². The molecule has 0 saturated heterocycles. The van der Waals surface area contributed by atoms with Crippen LogP contribution in [0.5, 0.6) is 0 Å². The van der Waals surface area contributed by atoms with Crippen LogP contribution in [0.15, 0.2) is 24.3 Å². The summed E-state index contributed by atoms with van der Waals surface area (Å²) in [5.41, 5.74) is 7.64. The van der Waals surface area contributed by atoms with Gasteiger partial charge in [0.05, 0.1) is 15.2 Å². The molecule has 1 aliphatic carbocycles. The number of nitrogens with zero attached hydrogens (tertiary/aromatic N) is 1. The molecule has 0 unspecified atom stereocenters. The zero-order valence-corrected chi connectivity index (χ0v) is 11.7. The second-order valence-corrected chi connectivity index (χ2v) is 6.91. The number of rotatable bonds is 2. The number of benzene rings is 1. The summed E-state index contributed by atoms with van der Waals surface area (Å²) in [6.07, 6.45) is 5.76. The third-order valence-corrected chi connectivity index (χ3v) is 5.15. The number of nitrogens with two attached hydrogens (primary N) is 1. The molecular weight excluding hydrogens is 240 g/mol. The van der Waals surface area contributed by atoms with Crippen molar-refractivity contribution >= 4 is 21.6 Å². The monoisotopic (exact) mass is 260 g/mol. The summed E-state index contributed by atoms with van der Waals surface area (Å²) in [7, 11) is 0. The molecule has 96 valence electrons. The zero-order chi connectivity index (χ0) is 12.6. The molecular formula is C15H20N2S. The molecule has 2 aromatic rings. The van der Waals surface area contributed by atoms with Crippen LogP contribution < -0.4 is 5.73 Å². The lowest BCUT2D eigenvalue weighted by Gasteiger charge is -2.35. The van der Waals surface area contributed by atoms with Crippen LogP contribution >= 0.6 is 11.3 Å². The fourth-order valence-electron chi connectivity index (χ4n) is 2.81. The van der Waals surface area contributed by atoms with Crippen LogP contribution in [0.3, 0.4) is 0 Å². The molecule has 1 heterocycles. The third-order valence-electron chi connectivity index (χ3n) is 4.11. The van der Waals surface area contributed by atoms with Crippen LogP contribution in [0, 0.1) is 5.92 Å². The summed E-state index contributed by atoms with van der Waals surface area (Å²) in [6.45, 7) is 2.33. The topological polar surface area (TPSA) is 38.9 Å². The largest absolute Gasteiger partial charge is 0.325 e. The first kappa shape index (κ1) is 12.1. The van der Waals surface area contributed by atoms with Crippen LogP contribution in [0.2, 0.25) is 0 Å². The highest BCUT2D eigenvalue weighted by Gasteiger charge is 2.31. The van der Waals surface area contributed by atoms with Gasteiger partial charge in [-0.05, 0) is 43.7 Å². The van der Waals surface area contributed by atoms with E-state index in [1.165, 1.54) is 22.5 Å². The first-order chi connectivity index (χ1) is 8.65. The van der Waals surface area contributed by atoms with Crippen LogP contribution in [-0.2, 0) is 6.42 Å². The minimum absolute atomic E-state index is 0.0135. The Kier molecular flexibility index (Phi) is 3.12. The molecule has 0 radical (unpaired) electrons. The summed E-state index contributed by atoms with van der Waals surface area (Å²) in [4.78, 5) is 4.71. The quantitative estimate of drug-likeness (QED) is 0.893. The van der Waals surface area contributed by atoms with E-state index in [0.29, 0.717) is 0 Å². The van der Waals surface area contributed by atoms with Gasteiger partial charge in [0.1, 0.15) is 0 Å². The average Bonchev–Trinajstić information content (AvgIpc) is 2.75. The Labute approximate surface area is 112 Å². The van der Waals surface area contributed by atoms with Crippen molar-refractivity contribution in [2.24, 2.45) is 11.7 Å². The Morgan fingerprint density at radius 3 is 2.78 bits per heavy atom. The molecule has 2 N–H and O–H groups in total. The maximum Gasteiger partial charge on any atom is 0.0956 e. The van der Waals surface area contributed by atoms with E-state index in [1.54, 1.807) is 11.3 Å². The van der Waals surface area contributed by atoms with Gasteiger partial charge in [-0.1, -0.05) is 19.1 Å². The lowest BCUT2D eigenvalue weighted by atomic mass is 9.76. The summed E-state index contributed by atoms with van der Waals surface area (Å²) >= 11 is 1.80. The lowest BCUT2D eigenvalue weighted by Crippen LogP contribution is -2.45. The van der Waals surface area contributed by atoms with E-state index < -0.39 is 0 Å². The summed E-state index contributed by atoms with van der Waals surface area (Å²) in [5.74, 6) is 0.844. The molecule has 1 aliphatic rings. The highest BCUT2D eigenvalue weighted by Crippen LogP contribution is 2.34. The second kappa shape index (κ2) is 4.63. The zero-order valence-electron chi connectivity index (χ0n) is 10.9. The van der Waals surface area contributed by atoms with Gasteiger partial charge < -0.3 is 5.73 Å². The van der Waals surface area contributed by atoms with Gasteiger partial charge in [0, 0.05) is 12.0 Å². The summed E-state index contributed by atoms with van der Waals surface area (Å²) < 4.78 is 1.28. The molecule has 1 saturated carbocycles. The Morgan fingerprint density at radius 2 is 2.06 bits per heavy atom. The number of para-hydroxylation sites is 1. The van der Waals surface area contributed by atoms with Gasteiger partial charge in [-0.15, -0.1) is 11.3 Å². The molecule has 0 spiro atoms. The predicted octanol–water partition coefficient (Wildman–Crippen LogP) is 3.75. The third kappa shape index (κ3) is 2.43. The second-order valence-electron chi connectivity index (χ2n) is 5.80. The maximum atomic E-state index is 6.54. The van der Waals surface area contributed by atoms with Crippen molar-refractivity contribution in [3.8, 4) is 0 Å². The molecule has 3 heteroatoms. The van der Waals surface area contributed by atoms with Crippen molar-refractivity contribution in [2.45, 2.75) is 44.6 Å². The van der Waals surface area contributed by atoms with E-state index in [-0.39, 0.29) is 5.54 Å². The Bertz CT molecular complexity index is 505. The number of hydrogen-bond acceptors (Lipinski definition) is 3. The van der Waals surface area contributed by atoms with Gasteiger partial charge in [-0.3, -0.25) is 0 Å². The Morgan fingerprint density at radius 1 is 1.33 bits per heavy atom. The molecule has 2 nitrogen and oxygen atoms in total. The predicted molar refractivity (Wildman–Crippen MR) is 77.9 cm³/mol.